The lowest BCUT2D eigenvalue weighted by Crippen LogP contribution is -2.32. The summed E-state index contributed by atoms with van der Waals surface area (Å²) in [6, 6.07) is 12.9. The number of anilines is 2. The number of benzene rings is 2. The summed E-state index contributed by atoms with van der Waals surface area (Å²) in [5.41, 5.74) is 1.93. The number of imide groups is 1. The van der Waals surface area contributed by atoms with Gasteiger partial charge in [0.1, 0.15) is 0 Å². The van der Waals surface area contributed by atoms with Gasteiger partial charge >= 0.3 is 0 Å². The molecule has 4 atom stereocenters. The molecule has 0 spiro atoms. The second kappa shape index (κ2) is 6.29. The van der Waals surface area contributed by atoms with Crippen molar-refractivity contribution in [1.82, 2.24) is 0 Å². The molecule has 1 heterocycles. The van der Waals surface area contributed by atoms with Gasteiger partial charge in [-0.2, -0.15) is 0 Å². The number of nitrogens with one attached hydrogen (secondary N) is 1. The topological polar surface area (TPSA) is 83.6 Å². The zero-order chi connectivity index (χ0) is 20.3. The minimum Gasteiger partial charge on any atom is -0.280 e. The van der Waals surface area contributed by atoms with Crippen molar-refractivity contribution in [2.75, 3.05) is 9.62 Å². The van der Waals surface area contributed by atoms with Crippen LogP contribution in [-0.4, -0.2) is 20.2 Å². The Kier molecular flexibility index (Phi) is 3.93. The van der Waals surface area contributed by atoms with Crippen LogP contribution in [0.2, 0.25) is 0 Å². The molecule has 1 saturated heterocycles. The van der Waals surface area contributed by atoms with Crippen molar-refractivity contribution in [3.05, 3.63) is 66.2 Å². The van der Waals surface area contributed by atoms with E-state index in [0.29, 0.717) is 11.4 Å². The van der Waals surface area contributed by atoms with Gasteiger partial charge in [0.15, 0.2) is 0 Å². The maximum Gasteiger partial charge on any atom is 0.261 e. The van der Waals surface area contributed by atoms with Gasteiger partial charge in [-0.3, -0.25) is 19.2 Å². The van der Waals surface area contributed by atoms with E-state index < -0.39 is 10.0 Å². The van der Waals surface area contributed by atoms with Crippen LogP contribution in [0, 0.1) is 30.6 Å². The van der Waals surface area contributed by atoms with Gasteiger partial charge in [0.2, 0.25) is 11.8 Å². The van der Waals surface area contributed by atoms with Crippen LogP contribution >= 0.6 is 0 Å². The normalized spacial score (nSPS) is 27.6. The molecule has 1 saturated carbocycles. The third-order valence-corrected chi connectivity index (χ3v) is 7.58. The summed E-state index contributed by atoms with van der Waals surface area (Å²) >= 11 is 0. The lowest BCUT2D eigenvalue weighted by Gasteiger charge is -2.17. The minimum absolute atomic E-state index is 0.0721. The van der Waals surface area contributed by atoms with Gasteiger partial charge in [-0.05, 0) is 61.6 Å². The molecule has 5 rings (SSSR count). The number of fused-ring (bicyclic) bond motifs is 5. The number of amides is 2. The first-order chi connectivity index (χ1) is 13.8. The van der Waals surface area contributed by atoms with Gasteiger partial charge in [-0.1, -0.05) is 29.8 Å². The average molecular weight is 408 g/mol. The van der Waals surface area contributed by atoms with Crippen molar-refractivity contribution >= 4 is 33.2 Å². The smallest absolute Gasteiger partial charge is 0.261 e. The molecule has 2 aromatic carbocycles. The van der Waals surface area contributed by atoms with Crippen molar-refractivity contribution in [1.29, 1.82) is 0 Å². The SMILES string of the molecule is Cc1ccc(NS(=O)(=O)c2ccc(N3C(=O)[C@H]4[C@@H]5C=CC(C5)[C@H]4C3=O)cc2)cc1. The molecule has 1 aliphatic heterocycles. The van der Waals surface area contributed by atoms with Gasteiger partial charge in [0, 0.05) is 5.69 Å². The van der Waals surface area contributed by atoms with E-state index in [1.165, 1.54) is 29.2 Å². The highest BCUT2D eigenvalue weighted by atomic mass is 32.2. The molecule has 2 aliphatic carbocycles. The highest BCUT2D eigenvalue weighted by Crippen LogP contribution is 2.53. The maximum atomic E-state index is 12.9. The number of hydrogen-bond donors (Lipinski definition) is 1. The van der Waals surface area contributed by atoms with Crippen LogP contribution in [0.4, 0.5) is 11.4 Å². The average Bonchev–Trinajstić information content (AvgIpc) is 3.37. The van der Waals surface area contributed by atoms with Crippen LogP contribution in [0.15, 0.2) is 65.6 Å². The van der Waals surface area contributed by atoms with Crippen LogP contribution in [0.3, 0.4) is 0 Å². The van der Waals surface area contributed by atoms with Crippen LogP contribution in [0.5, 0.6) is 0 Å². The van der Waals surface area contributed by atoms with Gasteiger partial charge < -0.3 is 0 Å². The summed E-state index contributed by atoms with van der Waals surface area (Å²) in [5, 5.41) is 0. The molecular formula is C22H20N2O4S. The lowest BCUT2D eigenvalue weighted by atomic mass is 9.85. The Balaban J connectivity index is 1.39. The number of allylic oxidation sites excluding steroid dienone is 2. The Hall–Kier alpha value is -2.93. The molecule has 2 aromatic rings. The highest BCUT2D eigenvalue weighted by molar-refractivity contribution is 7.92. The van der Waals surface area contributed by atoms with Crippen LogP contribution in [-0.2, 0) is 19.6 Å². The van der Waals surface area contributed by atoms with E-state index in [9.17, 15) is 18.0 Å². The first-order valence-corrected chi connectivity index (χ1v) is 11.1. The first-order valence-electron chi connectivity index (χ1n) is 9.61. The van der Waals surface area contributed by atoms with Gasteiger partial charge in [-0.25, -0.2) is 8.42 Å². The van der Waals surface area contributed by atoms with Crippen molar-refractivity contribution < 1.29 is 18.0 Å². The van der Waals surface area contributed by atoms with Crippen LogP contribution < -0.4 is 9.62 Å². The largest absolute Gasteiger partial charge is 0.280 e. The molecular weight excluding hydrogens is 388 g/mol. The zero-order valence-electron chi connectivity index (χ0n) is 15.8. The number of hydrogen-bond acceptors (Lipinski definition) is 4. The molecule has 2 bridgehead atoms. The maximum absolute atomic E-state index is 12.9. The second-order valence-electron chi connectivity index (χ2n) is 7.98. The summed E-state index contributed by atoms with van der Waals surface area (Å²) in [4.78, 5) is 27.1. The number of aryl methyl sites for hydroxylation is 1. The summed E-state index contributed by atoms with van der Waals surface area (Å²) in [5.74, 6) is -0.613. The molecule has 0 radical (unpaired) electrons. The Morgan fingerprint density at radius 2 is 1.41 bits per heavy atom. The number of carbonyl (C=O) groups is 2. The van der Waals surface area contributed by atoms with E-state index in [-0.39, 0.29) is 40.4 Å². The van der Waals surface area contributed by atoms with Crippen LogP contribution in [0.25, 0.3) is 0 Å². The summed E-state index contributed by atoms with van der Waals surface area (Å²) in [6.45, 7) is 1.92. The third kappa shape index (κ3) is 2.80. The molecule has 148 valence electrons. The lowest BCUT2D eigenvalue weighted by molar-refractivity contribution is -0.123. The molecule has 2 amide bonds. The van der Waals surface area contributed by atoms with E-state index in [2.05, 4.69) is 4.72 Å². The fraction of sp³-hybridized carbons (Fsp3) is 0.273. The van der Waals surface area contributed by atoms with Crippen molar-refractivity contribution in [3.8, 4) is 0 Å². The van der Waals surface area contributed by atoms with Crippen molar-refractivity contribution in [2.24, 2.45) is 23.7 Å². The molecule has 6 nitrogen and oxygen atoms in total. The van der Waals surface area contributed by atoms with Crippen molar-refractivity contribution in [3.63, 3.8) is 0 Å². The predicted molar refractivity (Wildman–Crippen MR) is 109 cm³/mol. The fourth-order valence-electron chi connectivity index (χ4n) is 4.77. The van der Waals surface area contributed by atoms with Crippen LogP contribution in [0.1, 0.15) is 12.0 Å². The first kappa shape index (κ1) is 18.1. The molecule has 3 aliphatic rings. The minimum atomic E-state index is -3.76. The van der Waals surface area contributed by atoms with Gasteiger partial charge in [-0.15, -0.1) is 0 Å². The number of sulfonamides is 1. The van der Waals surface area contributed by atoms with E-state index >= 15 is 0 Å². The molecule has 1 unspecified atom stereocenters. The third-order valence-electron chi connectivity index (χ3n) is 6.18. The molecule has 2 fully saturated rings. The number of rotatable bonds is 4. The summed E-state index contributed by atoms with van der Waals surface area (Å²) < 4.78 is 27.8. The monoisotopic (exact) mass is 408 g/mol. The Bertz CT molecular complexity index is 1110. The standard InChI is InChI=1S/C22H20N2O4S/c1-13-2-6-16(7-3-13)23-29(27,28)18-10-8-17(9-11-18)24-21(25)19-14-4-5-15(12-14)20(19)22(24)26/h2-11,14-15,19-20,23H,12H2,1H3/t14-,15?,19+,20-/m1/s1. The van der Waals surface area contributed by atoms with Gasteiger partial charge in [0.05, 0.1) is 22.4 Å². The Labute approximate surface area is 169 Å². The number of carbonyl (C=O) groups excluding carboxylic acids is 2. The highest BCUT2D eigenvalue weighted by Gasteiger charge is 2.59. The Morgan fingerprint density at radius 3 is 1.97 bits per heavy atom. The molecule has 0 aromatic heterocycles. The zero-order valence-corrected chi connectivity index (χ0v) is 16.6. The van der Waals surface area contributed by atoms with E-state index in [0.717, 1.165) is 12.0 Å². The van der Waals surface area contributed by atoms with E-state index in [4.69, 9.17) is 0 Å². The molecule has 7 heteroatoms. The predicted octanol–water partition coefficient (Wildman–Crippen LogP) is 3.11. The summed E-state index contributed by atoms with van der Waals surface area (Å²) in [6.07, 6.45) is 4.97. The van der Waals surface area contributed by atoms with E-state index in [1.54, 1.807) is 12.1 Å². The second-order valence-corrected chi connectivity index (χ2v) is 9.66. The number of nitrogens with zero attached hydrogens (tertiary/aromatic N) is 1. The summed E-state index contributed by atoms with van der Waals surface area (Å²) in [7, 11) is -3.76. The fourth-order valence-corrected chi connectivity index (χ4v) is 5.83. The van der Waals surface area contributed by atoms with E-state index in [1.807, 2.05) is 31.2 Å². The Morgan fingerprint density at radius 1 is 0.862 bits per heavy atom. The van der Waals surface area contributed by atoms with Crippen molar-refractivity contribution in [2.45, 2.75) is 18.2 Å². The van der Waals surface area contributed by atoms with Gasteiger partial charge in [0.25, 0.3) is 10.0 Å². The molecule has 1 N–H and O–H groups in total. The quantitative estimate of drug-likeness (QED) is 0.622. The molecule has 29 heavy (non-hydrogen) atoms.